The van der Waals surface area contributed by atoms with Gasteiger partial charge in [-0.25, -0.2) is 4.68 Å². The zero-order chi connectivity index (χ0) is 14.7. The maximum atomic E-state index is 11.8. The van der Waals surface area contributed by atoms with Crippen LogP contribution in [0.15, 0.2) is 33.0 Å². The first-order valence-corrected chi connectivity index (χ1v) is 7.83. The van der Waals surface area contributed by atoms with Gasteiger partial charge in [-0.3, -0.25) is 4.79 Å². The van der Waals surface area contributed by atoms with E-state index < -0.39 is 0 Å². The fraction of sp³-hybridized carbons (Fsp3) is 0.385. The standard InChI is InChI=1S/C13H17BrN4OS/c1-17(2)10(11-5-4-6-20-11)8-15-9-7-16-18(3)13(19)12(9)14/h4-7,10,15H,8H2,1-3H3. The van der Waals surface area contributed by atoms with Crippen LogP contribution >= 0.6 is 27.3 Å². The van der Waals surface area contributed by atoms with E-state index in [1.165, 1.54) is 9.56 Å². The molecular formula is C13H17BrN4OS. The number of aromatic nitrogens is 2. The first-order chi connectivity index (χ1) is 9.50. The normalized spacial score (nSPS) is 12.7. The number of halogens is 1. The summed E-state index contributed by atoms with van der Waals surface area (Å²) in [7, 11) is 5.72. The van der Waals surface area contributed by atoms with E-state index in [1.54, 1.807) is 24.6 Å². The maximum absolute atomic E-state index is 11.8. The first-order valence-electron chi connectivity index (χ1n) is 6.16. The molecule has 0 amide bonds. The molecule has 5 nitrogen and oxygen atoms in total. The summed E-state index contributed by atoms with van der Waals surface area (Å²) in [5, 5.41) is 9.39. The summed E-state index contributed by atoms with van der Waals surface area (Å²) in [6.45, 7) is 0.709. The van der Waals surface area contributed by atoms with Gasteiger partial charge in [0, 0.05) is 18.5 Å². The summed E-state index contributed by atoms with van der Waals surface area (Å²) in [5.74, 6) is 0. The molecule has 0 bridgehead atoms. The molecule has 1 atom stereocenters. The minimum absolute atomic E-state index is 0.146. The van der Waals surface area contributed by atoms with Crippen LogP contribution in [0.2, 0.25) is 0 Å². The van der Waals surface area contributed by atoms with Crippen molar-refractivity contribution in [3.8, 4) is 0 Å². The summed E-state index contributed by atoms with van der Waals surface area (Å²) in [4.78, 5) is 15.2. The Labute approximate surface area is 130 Å². The Morgan fingerprint density at radius 1 is 1.55 bits per heavy atom. The monoisotopic (exact) mass is 356 g/mol. The largest absolute Gasteiger partial charge is 0.381 e. The Balaban J connectivity index is 2.15. The van der Waals surface area contributed by atoms with Gasteiger partial charge >= 0.3 is 0 Å². The number of anilines is 1. The third kappa shape index (κ3) is 3.28. The molecule has 108 valence electrons. The zero-order valence-electron chi connectivity index (χ0n) is 11.6. The number of hydrogen-bond donors (Lipinski definition) is 1. The van der Waals surface area contributed by atoms with Gasteiger partial charge in [0.15, 0.2) is 0 Å². The highest BCUT2D eigenvalue weighted by Gasteiger charge is 2.16. The van der Waals surface area contributed by atoms with E-state index in [1.807, 2.05) is 20.2 Å². The number of hydrogen-bond acceptors (Lipinski definition) is 5. The fourth-order valence-corrected chi connectivity index (χ4v) is 3.28. The van der Waals surface area contributed by atoms with E-state index >= 15 is 0 Å². The summed E-state index contributed by atoms with van der Waals surface area (Å²) in [6.07, 6.45) is 1.66. The molecule has 1 unspecified atom stereocenters. The third-order valence-corrected chi connectivity index (χ3v) is 4.80. The highest BCUT2D eigenvalue weighted by atomic mass is 79.9. The second-order valence-corrected chi connectivity index (χ2v) is 6.45. The van der Waals surface area contributed by atoms with Crippen LogP contribution in [0.3, 0.4) is 0 Å². The lowest BCUT2D eigenvalue weighted by molar-refractivity contribution is 0.316. The number of nitrogens with zero attached hydrogens (tertiary/aromatic N) is 3. The molecule has 2 heterocycles. The van der Waals surface area contributed by atoms with Gasteiger partial charge in [-0.2, -0.15) is 5.10 Å². The van der Waals surface area contributed by atoms with Crippen LogP contribution in [0.1, 0.15) is 10.9 Å². The molecular weight excluding hydrogens is 340 g/mol. The fourth-order valence-electron chi connectivity index (χ4n) is 1.86. The molecule has 0 saturated carbocycles. The van der Waals surface area contributed by atoms with Gasteiger partial charge in [0.2, 0.25) is 0 Å². The van der Waals surface area contributed by atoms with Crippen molar-refractivity contribution < 1.29 is 0 Å². The van der Waals surface area contributed by atoms with Gasteiger partial charge in [0.05, 0.1) is 17.9 Å². The Hall–Kier alpha value is -1.18. The van der Waals surface area contributed by atoms with Crippen LogP contribution in [-0.2, 0) is 7.05 Å². The Morgan fingerprint density at radius 2 is 2.30 bits per heavy atom. The van der Waals surface area contributed by atoms with E-state index in [-0.39, 0.29) is 11.6 Å². The van der Waals surface area contributed by atoms with E-state index in [9.17, 15) is 4.79 Å². The molecule has 0 aliphatic heterocycles. The number of aryl methyl sites for hydroxylation is 1. The molecule has 2 aromatic heterocycles. The summed E-state index contributed by atoms with van der Waals surface area (Å²) >= 11 is 5.05. The zero-order valence-corrected chi connectivity index (χ0v) is 14.0. The van der Waals surface area contributed by atoms with Crippen LogP contribution in [0, 0.1) is 0 Å². The van der Waals surface area contributed by atoms with E-state index in [2.05, 4.69) is 42.7 Å². The predicted molar refractivity (Wildman–Crippen MR) is 86.4 cm³/mol. The highest BCUT2D eigenvalue weighted by Crippen LogP contribution is 2.24. The average Bonchev–Trinajstić information content (AvgIpc) is 2.92. The quantitative estimate of drug-likeness (QED) is 0.892. The lowest BCUT2D eigenvalue weighted by Gasteiger charge is -2.24. The molecule has 7 heteroatoms. The third-order valence-electron chi connectivity index (χ3n) is 3.06. The van der Waals surface area contributed by atoms with Crippen molar-refractivity contribution in [1.82, 2.24) is 14.7 Å². The molecule has 0 aromatic carbocycles. The van der Waals surface area contributed by atoms with Crippen LogP contribution in [0.4, 0.5) is 5.69 Å². The number of nitrogens with one attached hydrogen (secondary N) is 1. The molecule has 20 heavy (non-hydrogen) atoms. The van der Waals surface area contributed by atoms with Crippen molar-refractivity contribution >= 4 is 33.0 Å². The van der Waals surface area contributed by atoms with Crippen molar-refractivity contribution in [3.63, 3.8) is 0 Å². The molecule has 2 aromatic rings. The Bertz CT molecular complexity index is 624. The van der Waals surface area contributed by atoms with Crippen molar-refractivity contribution in [2.45, 2.75) is 6.04 Å². The highest BCUT2D eigenvalue weighted by molar-refractivity contribution is 9.10. The van der Waals surface area contributed by atoms with Gasteiger partial charge in [0.1, 0.15) is 4.47 Å². The Kier molecular flexibility index (Phi) is 4.95. The Morgan fingerprint density at radius 3 is 2.90 bits per heavy atom. The van der Waals surface area contributed by atoms with Gasteiger partial charge in [0.25, 0.3) is 5.56 Å². The molecule has 0 spiro atoms. The minimum atomic E-state index is -0.146. The smallest absolute Gasteiger partial charge is 0.282 e. The van der Waals surface area contributed by atoms with Crippen LogP contribution < -0.4 is 10.9 Å². The van der Waals surface area contributed by atoms with Gasteiger partial charge in [-0.05, 0) is 41.5 Å². The van der Waals surface area contributed by atoms with Gasteiger partial charge in [-0.1, -0.05) is 6.07 Å². The van der Waals surface area contributed by atoms with E-state index in [0.717, 1.165) is 5.69 Å². The molecule has 1 N–H and O–H groups in total. The number of rotatable bonds is 5. The average molecular weight is 357 g/mol. The van der Waals surface area contributed by atoms with Crippen molar-refractivity contribution in [1.29, 1.82) is 0 Å². The second kappa shape index (κ2) is 6.51. The summed E-state index contributed by atoms with van der Waals surface area (Å²) in [5.41, 5.74) is 0.573. The van der Waals surface area contributed by atoms with Crippen molar-refractivity contribution in [2.75, 3.05) is 26.0 Å². The van der Waals surface area contributed by atoms with Gasteiger partial charge < -0.3 is 10.2 Å². The predicted octanol–water partition coefficient (Wildman–Crippen LogP) is 2.32. The summed E-state index contributed by atoms with van der Waals surface area (Å²) < 4.78 is 1.82. The van der Waals surface area contributed by atoms with E-state index in [4.69, 9.17) is 0 Å². The van der Waals surface area contributed by atoms with Gasteiger partial charge in [-0.15, -0.1) is 11.3 Å². The topological polar surface area (TPSA) is 50.2 Å². The second-order valence-electron chi connectivity index (χ2n) is 4.68. The van der Waals surface area contributed by atoms with Crippen molar-refractivity contribution in [2.24, 2.45) is 7.05 Å². The molecule has 0 radical (unpaired) electrons. The summed E-state index contributed by atoms with van der Waals surface area (Å²) in [6, 6.07) is 4.42. The minimum Gasteiger partial charge on any atom is -0.381 e. The molecule has 0 saturated heterocycles. The first kappa shape index (κ1) is 15.2. The van der Waals surface area contributed by atoms with Crippen LogP contribution in [0.5, 0.6) is 0 Å². The van der Waals surface area contributed by atoms with Crippen LogP contribution in [-0.4, -0.2) is 35.3 Å². The number of likely N-dealkylation sites (N-methyl/N-ethyl adjacent to an activating group) is 1. The molecule has 0 aliphatic rings. The lowest BCUT2D eigenvalue weighted by Crippen LogP contribution is -2.27. The lowest BCUT2D eigenvalue weighted by atomic mass is 10.2. The number of thiophene rings is 1. The van der Waals surface area contributed by atoms with E-state index in [0.29, 0.717) is 11.0 Å². The van der Waals surface area contributed by atoms with Crippen molar-refractivity contribution in [3.05, 3.63) is 43.4 Å². The molecule has 0 fully saturated rings. The van der Waals surface area contributed by atoms with Crippen LogP contribution in [0.25, 0.3) is 0 Å². The molecule has 0 aliphatic carbocycles. The molecule has 2 rings (SSSR count). The maximum Gasteiger partial charge on any atom is 0.282 e. The SMILES string of the molecule is CN(C)C(CNc1cnn(C)c(=O)c1Br)c1cccs1.